The fraction of sp³-hybridized carbons (Fsp3) is 0.125. The molecule has 8 nitrogen and oxygen atoms in total. The Labute approximate surface area is 200 Å². The minimum atomic E-state index is -4.18. The molecule has 2 aromatic carbocycles. The number of nitrogens with one attached hydrogen (secondary N) is 1. The number of fused-ring (bicyclic) bond motifs is 1. The van der Waals surface area contributed by atoms with Crippen molar-refractivity contribution in [3.05, 3.63) is 87.8 Å². The number of hydrogen-bond donors (Lipinski definition) is 1. The van der Waals surface area contributed by atoms with Crippen molar-refractivity contribution in [1.29, 1.82) is 0 Å². The molecule has 0 saturated carbocycles. The second kappa shape index (κ2) is 9.28. The highest BCUT2D eigenvalue weighted by atomic mass is 35.5. The van der Waals surface area contributed by atoms with E-state index in [2.05, 4.69) is 10.3 Å². The van der Waals surface area contributed by atoms with E-state index in [1.165, 1.54) is 42.0 Å². The van der Waals surface area contributed by atoms with Crippen LogP contribution in [0.2, 0.25) is 5.02 Å². The van der Waals surface area contributed by atoms with Gasteiger partial charge in [-0.15, -0.1) is 0 Å². The summed E-state index contributed by atoms with van der Waals surface area (Å²) >= 11 is 5.97. The first-order chi connectivity index (χ1) is 16.2. The Kier molecular flexibility index (Phi) is 6.41. The van der Waals surface area contributed by atoms with Crippen molar-refractivity contribution in [3.8, 4) is 5.75 Å². The van der Waals surface area contributed by atoms with Gasteiger partial charge in [0.1, 0.15) is 22.8 Å². The summed E-state index contributed by atoms with van der Waals surface area (Å²) in [4.78, 5) is 29.8. The molecule has 174 valence electrons. The lowest BCUT2D eigenvalue weighted by atomic mass is 10.2. The first-order valence-corrected chi connectivity index (χ1v) is 12.0. The van der Waals surface area contributed by atoms with E-state index < -0.39 is 26.1 Å². The van der Waals surface area contributed by atoms with Crippen LogP contribution < -0.4 is 15.5 Å². The molecule has 0 aliphatic rings. The molecule has 0 radical (unpaired) electrons. The van der Waals surface area contributed by atoms with Crippen LogP contribution in [0.3, 0.4) is 0 Å². The first kappa shape index (κ1) is 23.5. The molecule has 34 heavy (non-hydrogen) atoms. The van der Waals surface area contributed by atoms with Crippen molar-refractivity contribution < 1.29 is 17.9 Å². The summed E-state index contributed by atoms with van der Waals surface area (Å²) in [5.41, 5.74) is 0.615. The van der Waals surface area contributed by atoms with E-state index in [9.17, 15) is 18.0 Å². The van der Waals surface area contributed by atoms with Gasteiger partial charge in [-0.3, -0.25) is 9.59 Å². The molecule has 2 heterocycles. The molecule has 0 aliphatic carbocycles. The first-order valence-electron chi connectivity index (χ1n) is 10.1. The van der Waals surface area contributed by atoms with Crippen molar-refractivity contribution in [3.63, 3.8) is 0 Å². The van der Waals surface area contributed by atoms with E-state index >= 15 is 0 Å². The summed E-state index contributed by atoms with van der Waals surface area (Å²) < 4.78 is 33.1. The third-order valence-electron chi connectivity index (χ3n) is 5.11. The van der Waals surface area contributed by atoms with Gasteiger partial charge in [0.2, 0.25) is 21.2 Å². The highest BCUT2D eigenvalue weighted by Gasteiger charge is 2.25. The number of carbonyl (C=O) groups excluding carboxylic acids is 1. The van der Waals surface area contributed by atoms with Crippen LogP contribution in [0.4, 0.5) is 5.69 Å². The number of rotatable bonds is 6. The Morgan fingerprint density at radius 3 is 2.53 bits per heavy atom. The molecule has 4 aromatic rings. The SMILES string of the molecule is COc1ccc(S(=O)(=O)c2cn(CC(=O)Nc3cccc(Cl)c3)c3nc(C)ccc3c2=O)cc1. The summed E-state index contributed by atoms with van der Waals surface area (Å²) in [5, 5.41) is 3.26. The Hall–Kier alpha value is -3.69. The molecule has 0 spiro atoms. The molecule has 0 unspecified atom stereocenters. The molecule has 4 rings (SSSR count). The summed E-state index contributed by atoms with van der Waals surface area (Å²) in [7, 11) is -2.72. The third kappa shape index (κ3) is 4.66. The Morgan fingerprint density at radius 2 is 1.85 bits per heavy atom. The van der Waals surface area contributed by atoms with Crippen molar-refractivity contribution in [2.24, 2.45) is 0 Å². The van der Waals surface area contributed by atoms with Gasteiger partial charge in [-0.05, 0) is 61.5 Å². The number of pyridine rings is 2. The topological polar surface area (TPSA) is 107 Å². The van der Waals surface area contributed by atoms with Crippen LogP contribution in [0.5, 0.6) is 5.75 Å². The number of benzene rings is 2. The van der Waals surface area contributed by atoms with Crippen molar-refractivity contribution >= 4 is 44.1 Å². The van der Waals surface area contributed by atoms with Gasteiger partial charge >= 0.3 is 0 Å². The number of sulfone groups is 1. The molecule has 0 saturated heterocycles. The van der Waals surface area contributed by atoms with Crippen LogP contribution in [0.15, 0.2) is 81.4 Å². The molecule has 0 bridgehead atoms. The van der Waals surface area contributed by atoms with E-state index in [1.807, 2.05) is 0 Å². The Balaban J connectivity index is 1.81. The molecule has 0 fully saturated rings. The predicted octanol–water partition coefficient (Wildman–Crippen LogP) is 3.84. The fourth-order valence-electron chi connectivity index (χ4n) is 3.45. The highest BCUT2D eigenvalue weighted by Crippen LogP contribution is 2.23. The third-order valence-corrected chi connectivity index (χ3v) is 7.11. The number of methoxy groups -OCH3 is 1. The number of anilines is 1. The largest absolute Gasteiger partial charge is 0.497 e. The minimum Gasteiger partial charge on any atom is -0.497 e. The van der Waals surface area contributed by atoms with Crippen molar-refractivity contribution in [2.45, 2.75) is 23.3 Å². The van der Waals surface area contributed by atoms with E-state index in [-0.39, 0.29) is 22.5 Å². The van der Waals surface area contributed by atoms with Gasteiger partial charge in [-0.1, -0.05) is 17.7 Å². The second-order valence-electron chi connectivity index (χ2n) is 7.51. The smallest absolute Gasteiger partial charge is 0.244 e. The van der Waals surface area contributed by atoms with E-state index in [0.717, 1.165) is 6.20 Å². The van der Waals surface area contributed by atoms with Gasteiger partial charge in [0, 0.05) is 22.6 Å². The van der Waals surface area contributed by atoms with Gasteiger partial charge in [0.15, 0.2) is 0 Å². The molecule has 10 heteroatoms. The zero-order chi connectivity index (χ0) is 24.5. The van der Waals surface area contributed by atoms with Crippen LogP contribution >= 0.6 is 11.6 Å². The van der Waals surface area contributed by atoms with Crippen LogP contribution in [0.1, 0.15) is 5.69 Å². The molecular formula is C24H20ClN3O5S. The standard InChI is InChI=1S/C24H20ClN3O5S/c1-15-6-11-20-23(30)21(34(31,32)19-9-7-18(33-2)8-10-19)13-28(24(20)26-15)14-22(29)27-17-5-3-4-16(25)12-17/h3-13H,14H2,1-2H3,(H,27,29). The molecule has 2 aromatic heterocycles. The zero-order valence-electron chi connectivity index (χ0n) is 18.3. The number of aryl methyl sites for hydroxylation is 1. The zero-order valence-corrected chi connectivity index (χ0v) is 19.9. The predicted molar refractivity (Wildman–Crippen MR) is 129 cm³/mol. The maximum Gasteiger partial charge on any atom is 0.244 e. The quantitative estimate of drug-likeness (QED) is 0.433. The summed E-state index contributed by atoms with van der Waals surface area (Å²) in [6, 6.07) is 15.5. The number of hydrogen-bond acceptors (Lipinski definition) is 6. The molecule has 0 atom stereocenters. The molecule has 1 N–H and O–H groups in total. The molecular weight excluding hydrogens is 478 g/mol. The summed E-state index contributed by atoms with van der Waals surface area (Å²) in [6.45, 7) is 1.47. The maximum atomic E-state index is 13.3. The minimum absolute atomic E-state index is 0.0697. The lowest BCUT2D eigenvalue weighted by Gasteiger charge is -2.14. The van der Waals surface area contributed by atoms with Crippen molar-refractivity contribution in [2.75, 3.05) is 12.4 Å². The van der Waals surface area contributed by atoms with E-state index in [4.69, 9.17) is 16.3 Å². The lowest BCUT2D eigenvalue weighted by Crippen LogP contribution is -2.24. The van der Waals surface area contributed by atoms with Crippen LogP contribution in [0.25, 0.3) is 11.0 Å². The van der Waals surface area contributed by atoms with Crippen molar-refractivity contribution in [1.82, 2.24) is 9.55 Å². The average molecular weight is 498 g/mol. The maximum absolute atomic E-state index is 13.3. The van der Waals surface area contributed by atoms with E-state index in [1.54, 1.807) is 37.3 Å². The molecule has 1 amide bonds. The Morgan fingerprint density at radius 1 is 1.12 bits per heavy atom. The fourth-order valence-corrected chi connectivity index (χ4v) is 5.01. The average Bonchev–Trinajstić information content (AvgIpc) is 2.80. The van der Waals surface area contributed by atoms with Gasteiger partial charge in [-0.2, -0.15) is 0 Å². The second-order valence-corrected chi connectivity index (χ2v) is 9.87. The van der Waals surface area contributed by atoms with Crippen LogP contribution in [-0.4, -0.2) is 31.0 Å². The summed E-state index contributed by atoms with van der Waals surface area (Å²) in [5.74, 6) is 0.0375. The number of ether oxygens (including phenoxy) is 1. The molecule has 0 aliphatic heterocycles. The highest BCUT2D eigenvalue weighted by molar-refractivity contribution is 7.91. The van der Waals surface area contributed by atoms with Gasteiger partial charge in [-0.25, -0.2) is 13.4 Å². The van der Waals surface area contributed by atoms with Gasteiger partial charge in [0.25, 0.3) is 0 Å². The number of carbonyl (C=O) groups is 1. The van der Waals surface area contributed by atoms with Gasteiger partial charge in [0.05, 0.1) is 17.4 Å². The monoisotopic (exact) mass is 497 g/mol. The number of halogens is 1. The summed E-state index contributed by atoms with van der Waals surface area (Å²) in [6.07, 6.45) is 1.16. The number of aromatic nitrogens is 2. The number of nitrogens with zero attached hydrogens (tertiary/aromatic N) is 2. The van der Waals surface area contributed by atoms with E-state index in [0.29, 0.717) is 22.2 Å². The lowest BCUT2D eigenvalue weighted by molar-refractivity contribution is -0.116. The Bertz CT molecular complexity index is 1560. The van der Waals surface area contributed by atoms with Crippen LogP contribution in [0, 0.1) is 6.92 Å². The normalized spacial score (nSPS) is 11.4. The van der Waals surface area contributed by atoms with Gasteiger partial charge < -0.3 is 14.6 Å². The van der Waals surface area contributed by atoms with Crippen LogP contribution in [-0.2, 0) is 21.2 Å². The number of amides is 1.